The molecule has 1 aliphatic rings. The fourth-order valence-electron chi connectivity index (χ4n) is 1.45. The Bertz CT molecular complexity index is 466. The molecule has 0 saturated carbocycles. The zero-order chi connectivity index (χ0) is 11.8. The minimum Gasteiger partial charge on any atom is -0.473 e. The summed E-state index contributed by atoms with van der Waals surface area (Å²) in [5, 5.41) is 0. The van der Waals surface area contributed by atoms with Gasteiger partial charge < -0.3 is 4.74 Å². The minimum absolute atomic E-state index is 0.0654. The topological polar surface area (TPSA) is 38.7 Å². The van der Waals surface area contributed by atoms with Gasteiger partial charge in [0.1, 0.15) is 12.4 Å². The molecule has 16 heavy (non-hydrogen) atoms. The van der Waals surface area contributed by atoms with Gasteiger partial charge in [-0.05, 0) is 26.0 Å². The number of nitrogens with zero attached hydrogens (tertiary/aromatic N) is 1. The minimum atomic E-state index is -0.441. The summed E-state index contributed by atoms with van der Waals surface area (Å²) in [6.45, 7) is 4.13. The Hall–Kier alpha value is -1.71. The Morgan fingerprint density at radius 2 is 2.25 bits per heavy atom. The molecule has 4 heteroatoms. The van der Waals surface area contributed by atoms with E-state index in [4.69, 9.17) is 4.74 Å². The van der Waals surface area contributed by atoms with Crippen LogP contribution in [0.4, 0.5) is 4.39 Å². The van der Waals surface area contributed by atoms with Crippen LogP contribution in [0, 0.1) is 5.82 Å². The molecular formula is C12H12FNO2. The molecule has 84 valence electrons. The van der Waals surface area contributed by atoms with Gasteiger partial charge in [0.25, 0.3) is 5.90 Å². The summed E-state index contributed by atoms with van der Waals surface area (Å²) in [4.78, 5) is 16.0. The molecule has 0 unspecified atom stereocenters. The second-order valence-electron chi connectivity index (χ2n) is 4.36. The summed E-state index contributed by atoms with van der Waals surface area (Å²) >= 11 is 0. The molecule has 2 rings (SSSR count). The van der Waals surface area contributed by atoms with E-state index in [0.717, 1.165) is 0 Å². The number of benzene rings is 1. The van der Waals surface area contributed by atoms with Crippen molar-refractivity contribution in [1.82, 2.24) is 0 Å². The highest BCUT2D eigenvalue weighted by atomic mass is 19.1. The number of ether oxygens (including phenoxy) is 1. The first-order valence-electron chi connectivity index (χ1n) is 5.01. The van der Waals surface area contributed by atoms with E-state index in [-0.39, 0.29) is 22.8 Å². The standard InChI is InChI=1S/C12H12FNO2/c1-12(2)7-16-11(14-12)10(15)8-4-3-5-9(13)6-8/h3-6H,7H2,1-2H3. The summed E-state index contributed by atoms with van der Waals surface area (Å²) in [5.41, 5.74) is -0.116. The van der Waals surface area contributed by atoms with Crippen LogP contribution in [0.3, 0.4) is 0 Å². The number of rotatable bonds is 2. The van der Waals surface area contributed by atoms with E-state index >= 15 is 0 Å². The number of hydrogen-bond donors (Lipinski definition) is 0. The molecule has 1 aromatic rings. The van der Waals surface area contributed by atoms with E-state index < -0.39 is 5.82 Å². The highest BCUT2D eigenvalue weighted by Gasteiger charge is 2.30. The molecular weight excluding hydrogens is 209 g/mol. The highest BCUT2D eigenvalue weighted by Crippen LogP contribution is 2.19. The van der Waals surface area contributed by atoms with Crippen LogP contribution in [0.15, 0.2) is 29.3 Å². The lowest BCUT2D eigenvalue weighted by Crippen LogP contribution is -2.17. The molecule has 0 aliphatic carbocycles. The maximum Gasteiger partial charge on any atom is 0.259 e. The highest BCUT2D eigenvalue weighted by molar-refractivity contribution is 6.43. The molecule has 0 radical (unpaired) electrons. The van der Waals surface area contributed by atoms with Crippen LogP contribution >= 0.6 is 0 Å². The van der Waals surface area contributed by atoms with Gasteiger partial charge in [0, 0.05) is 5.56 Å². The van der Waals surface area contributed by atoms with E-state index in [9.17, 15) is 9.18 Å². The Morgan fingerprint density at radius 3 is 2.81 bits per heavy atom. The van der Waals surface area contributed by atoms with E-state index in [1.807, 2.05) is 13.8 Å². The van der Waals surface area contributed by atoms with Crippen molar-refractivity contribution in [3.8, 4) is 0 Å². The fraction of sp³-hybridized carbons (Fsp3) is 0.333. The first-order chi connectivity index (χ1) is 7.48. The lowest BCUT2D eigenvalue weighted by atomic mass is 10.1. The van der Waals surface area contributed by atoms with Crippen molar-refractivity contribution >= 4 is 11.7 Å². The van der Waals surface area contributed by atoms with Gasteiger partial charge in [-0.15, -0.1) is 0 Å². The van der Waals surface area contributed by atoms with Crippen LogP contribution in [0.5, 0.6) is 0 Å². The van der Waals surface area contributed by atoms with Crippen LogP contribution in [0.25, 0.3) is 0 Å². The average Bonchev–Trinajstić information content (AvgIpc) is 2.58. The van der Waals surface area contributed by atoms with Crippen LogP contribution in [0.2, 0.25) is 0 Å². The van der Waals surface area contributed by atoms with Crippen LogP contribution < -0.4 is 0 Å². The number of aliphatic imine (C=N–C) groups is 1. The second kappa shape index (κ2) is 3.70. The van der Waals surface area contributed by atoms with Crippen molar-refractivity contribution in [3.05, 3.63) is 35.6 Å². The smallest absolute Gasteiger partial charge is 0.259 e. The van der Waals surface area contributed by atoms with Crippen molar-refractivity contribution < 1.29 is 13.9 Å². The fourth-order valence-corrected chi connectivity index (χ4v) is 1.45. The largest absolute Gasteiger partial charge is 0.473 e. The lowest BCUT2D eigenvalue weighted by Gasteiger charge is -2.07. The summed E-state index contributed by atoms with van der Waals surface area (Å²) in [6.07, 6.45) is 0. The summed E-state index contributed by atoms with van der Waals surface area (Å²) in [7, 11) is 0. The first-order valence-corrected chi connectivity index (χ1v) is 5.01. The van der Waals surface area contributed by atoms with Gasteiger partial charge in [0.05, 0.1) is 5.54 Å². The SMILES string of the molecule is CC1(C)COC(C(=O)c2cccc(F)c2)=N1. The third-order valence-electron chi connectivity index (χ3n) is 2.25. The third-order valence-corrected chi connectivity index (χ3v) is 2.25. The van der Waals surface area contributed by atoms with Gasteiger partial charge in [0.15, 0.2) is 0 Å². The molecule has 0 bridgehead atoms. The van der Waals surface area contributed by atoms with E-state index in [1.165, 1.54) is 18.2 Å². The van der Waals surface area contributed by atoms with E-state index in [2.05, 4.69) is 4.99 Å². The molecule has 3 nitrogen and oxygen atoms in total. The van der Waals surface area contributed by atoms with Crippen LogP contribution in [-0.4, -0.2) is 23.8 Å². The van der Waals surface area contributed by atoms with Crippen molar-refractivity contribution in [3.63, 3.8) is 0 Å². The molecule has 1 aromatic carbocycles. The third kappa shape index (κ3) is 2.10. The zero-order valence-electron chi connectivity index (χ0n) is 9.16. The quantitative estimate of drug-likeness (QED) is 0.718. The Morgan fingerprint density at radius 1 is 1.50 bits per heavy atom. The van der Waals surface area contributed by atoms with E-state index in [0.29, 0.717) is 6.61 Å². The van der Waals surface area contributed by atoms with Gasteiger partial charge in [-0.2, -0.15) is 0 Å². The maximum absolute atomic E-state index is 12.9. The second-order valence-corrected chi connectivity index (χ2v) is 4.36. The number of halogens is 1. The average molecular weight is 221 g/mol. The predicted molar refractivity (Wildman–Crippen MR) is 58.2 cm³/mol. The molecule has 0 aromatic heterocycles. The Balaban J connectivity index is 2.27. The number of ketones is 1. The summed E-state index contributed by atoms with van der Waals surface area (Å²) in [5.74, 6) is -0.746. The summed E-state index contributed by atoms with van der Waals surface area (Å²) in [6, 6.07) is 5.50. The number of carbonyl (C=O) groups is 1. The maximum atomic E-state index is 12.9. The zero-order valence-corrected chi connectivity index (χ0v) is 9.16. The van der Waals surface area contributed by atoms with Crippen molar-refractivity contribution in [2.45, 2.75) is 19.4 Å². The first kappa shape index (κ1) is 10.8. The lowest BCUT2D eigenvalue weighted by molar-refractivity contribution is 0.103. The molecule has 0 fully saturated rings. The van der Waals surface area contributed by atoms with Crippen molar-refractivity contribution in [1.29, 1.82) is 0 Å². The van der Waals surface area contributed by atoms with Gasteiger partial charge in [0.2, 0.25) is 5.78 Å². The van der Waals surface area contributed by atoms with Gasteiger partial charge in [-0.25, -0.2) is 9.38 Å². The summed E-state index contributed by atoms with van der Waals surface area (Å²) < 4.78 is 18.1. The molecule has 0 amide bonds. The van der Waals surface area contributed by atoms with Crippen LogP contribution in [-0.2, 0) is 4.74 Å². The van der Waals surface area contributed by atoms with Crippen LogP contribution in [0.1, 0.15) is 24.2 Å². The number of Topliss-reactive ketones (excluding diaryl/α,β-unsaturated/α-hetero) is 1. The molecule has 0 N–H and O–H groups in total. The molecule has 0 saturated heterocycles. The predicted octanol–water partition coefficient (Wildman–Crippen LogP) is 2.22. The van der Waals surface area contributed by atoms with E-state index in [1.54, 1.807) is 6.07 Å². The Labute approximate surface area is 93.0 Å². The molecule has 0 atom stereocenters. The number of carbonyl (C=O) groups excluding carboxylic acids is 1. The van der Waals surface area contributed by atoms with Gasteiger partial charge >= 0.3 is 0 Å². The molecule has 1 aliphatic heterocycles. The monoisotopic (exact) mass is 221 g/mol. The normalized spacial score (nSPS) is 17.8. The molecule has 0 spiro atoms. The number of hydrogen-bond acceptors (Lipinski definition) is 3. The van der Waals surface area contributed by atoms with Crippen molar-refractivity contribution in [2.75, 3.05) is 6.61 Å². The van der Waals surface area contributed by atoms with Gasteiger partial charge in [-0.3, -0.25) is 4.79 Å². The van der Waals surface area contributed by atoms with Crippen molar-refractivity contribution in [2.24, 2.45) is 4.99 Å². The molecule has 1 heterocycles. The Kier molecular flexibility index (Phi) is 2.50. The van der Waals surface area contributed by atoms with Gasteiger partial charge in [-0.1, -0.05) is 12.1 Å².